The van der Waals surface area contributed by atoms with Gasteiger partial charge in [0.25, 0.3) is 0 Å². The van der Waals surface area contributed by atoms with Crippen molar-refractivity contribution >= 4 is 27.7 Å². The molecule has 0 fully saturated rings. The van der Waals surface area contributed by atoms with E-state index >= 15 is 0 Å². The van der Waals surface area contributed by atoms with Gasteiger partial charge in [0.1, 0.15) is 5.82 Å². The van der Waals surface area contributed by atoms with Crippen LogP contribution in [-0.4, -0.2) is 5.75 Å². The van der Waals surface area contributed by atoms with Gasteiger partial charge < -0.3 is 0 Å². The molecule has 3 heteroatoms. The highest BCUT2D eigenvalue weighted by Gasteiger charge is 1.98. The highest BCUT2D eigenvalue weighted by molar-refractivity contribution is 9.10. The van der Waals surface area contributed by atoms with Gasteiger partial charge in [0.15, 0.2) is 0 Å². The first-order chi connectivity index (χ1) is 5.72. The highest BCUT2D eigenvalue weighted by atomic mass is 79.9. The van der Waals surface area contributed by atoms with Crippen LogP contribution in [0.4, 0.5) is 4.39 Å². The Kier molecular flexibility index (Phi) is 4.09. The summed E-state index contributed by atoms with van der Waals surface area (Å²) in [7, 11) is 0. The van der Waals surface area contributed by atoms with Gasteiger partial charge in [-0.2, -0.15) is 0 Å². The molecule has 0 amide bonds. The molecule has 0 saturated carbocycles. The predicted octanol–water partition coefficient (Wildman–Crippen LogP) is 4.09. The minimum atomic E-state index is -0.178. The molecule has 0 atom stereocenters. The van der Waals surface area contributed by atoms with Gasteiger partial charge in [-0.1, -0.05) is 22.9 Å². The van der Waals surface area contributed by atoms with Crippen molar-refractivity contribution in [1.29, 1.82) is 0 Å². The van der Waals surface area contributed by atoms with E-state index in [2.05, 4.69) is 22.9 Å². The van der Waals surface area contributed by atoms with Gasteiger partial charge in [0.2, 0.25) is 0 Å². The van der Waals surface area contributed by atoms with E-state index in [4.69, 9.17) is 0 Å². The summed E-state index contributed by atoms with van der Waals surface area (Å²) >= 11 is 4.93. The summed E-state index contributed by atoms with van der Waals surface area (Å²) < 4.78 is 13.6. The third kappa shape index (κ3) is 3.15. The van der Waals surface area contributed by atoms with E-state index in [1.807, 2.05) is 6.07 Å². The second kappa shape index (κ2) is 4.87. The van der Waals surface area contributed by atoms with Gasteiger partial charge in [-0.15, -0.1) is 11.8 Å². The third-order valence-electron chi connectivity index (χ3n) is 1.31. The van der Waals surface area contributed by atoms with Crippen LogP contribution in [0.2, 0.25) is 0 Å². The SMILES string of the molecule is CCCSc1cc(F)cc(Br)c1. The van der Waals surface area contributed by atoms with E-state index in [1.54, 1.807) is 17.8 Å². The lowest BCUT2D eigenvalue weighted by Crippen LogP contribution is -1.79. The Bertz CT molecular complexity index is 242. The summed E-state index contributed by atoms with van der Waals surface area (Å²) in [6.07, 6.45) is 1.11. The lowest BCUT2D eigenvalue weighted by molar-refractivity contribution is 0.623. The van der Waals surface area contributed by atoms with Gasteiger partial charge in [0, 0.05) is 9.37 Å². The normalized spacial score (nSPS) is 10.2. The van der Waals surface area contributed by atoms with Crippen molar-refractivity contribution in [1.82, 2.24) is 0 Å². The second-order valence-corrected chi connectivity index (χ2v) is 4.54. The summed E-state index contributed by atoms with van der Waals surface area (Å²) in [4.78, 5) is 0.990. The summed E-state index contributed by atoms with van der Waals surface area (Å²) in [5.41, 5.74) is 0. The fourth-order valence-corrected chi connectivity index (χ4v) is 2.29. The van der Waals surface area contributed by atoms with Crippen LogP contribution in [0.1, 0.15) is 13.3 Å². The highest BCUT2D eigenvalue weighted by Crippen LogP contribution is 2.23. The molecule has 0 bridgehead atoms. The van der Waals surface area contributed by atoms with Crippen molar-refractivity contribution < 1.29 is 4.39 Å². The molecule has 0 saturated heterocycles. The monoisotopic (exact) mass is 248 g/mol. The predicted molar refractivity (Wildman–Crippen MR) is 55.1 cm³/mol. The first-order valence-corrected chi connectivity index (χ1v) is 5.59. The second-order valence-electron chi connectivity index (χ2n) is 2.45. The molecule has 0 unspecified atom stereocenters. The number of rotatable bonds is 3. The van der Waals surface area contributed by atoms with Crippen LogP contribution >= 0.6 is 27.7 Å². The maximum Gasteiger partial charge on any atom is 0.125 e. The van der Waals surface area contributed by atoms with E-state index in [0.717, 1.165) is 21.5 Å². The van der Waals surface area contributed by atoms with Crippen LogP contribution in [0.15, 0.2) is 27.6 Å². The Morgan fingerprint density at radius 3 is 2.75 bits per heavy atom. The Labute approximate surface area is 84.7 Å². The van der Waals surface area contributed by atoms with Crippen LogP contribution in [0.25, 0.3) is 0 Å². The van der Waals surface area contributed by atoms with E-state index in [0.29, 0.717) is 0 Å². The zero-order valence-corrected chi connectivity index (χ0v) is 9.21. The molecule has 0 aliphatic heterocycles. The molecule has 0 nitrogen and oxygen atoms in total. The van der Waals surface area contributed by atoms with Gasteiger partial charge >= 0.3 is 0 Å². The van der Waals surface area contributed by atoms with E-state index in [1.165, 1.54) is 6.07 Å². The van der Waals surface area contributed by atoms with Gasteiger partial charge in [0.05, 0.1) is 0 Å². The van der Waals surface area contributed by atoms with Crippen LogP contribution in [-0.2, 0) is 0 Å². The van der Waals surface area contributed by atoms with E-state index < -0.39 is 0 Å². The maximum atomic E-state index is 12.8. The molecular formula is C9H10BrFS. The van der Waals surface area contributed by atoms with Crippen LogP contribution < -0.4 is 0 Å². The minimum absolute atomic E-state index is 0.178. The van der Waals surface area contributed by atoms with Crippen LogP contribution in [0.5, 0.6) is 0 Å². The summed E-state index contributed by atoms with van der Waals surface area (Å²) in [6.45, 7) is 2.11. The van der Waals surface area contributed by atoms with E-state index in [9.17, 15) is 4.39 Å². The number of hydrogen-bond donors (Lipinski definition) is 0. The molecule has 1 rings (SSSR count). The van der Waals surface area contributed by atoms with Crippen LogP contribution in [0, 0.1) is 5.82 Å². The average molecular weight is 249 g/mol. The zero-order valence-electron chi connectivity index (χ0n) is 6.81. The molecular weight excluding hydrogens is 239 g/mol. The Morgan fingerprint density at radius 1 is 1.42 bits per heavy atom. The molecule has 0 radical (unpaired) electrons. The molecule has 0 aromatic heterocycles. The van der Waals surface area contributed by atoms with Gasteiger partial charge in [-0.05, 0) is 30.4 Å². The summed E-state index contributed by atoms with van der Waals surface area (Å²) in [5.74, 6) is 0.860. The van der Waals surface area contributed by atoms with Gasteiger partial charge in [-0.25, -0.2) is 4.39 Å². The summed E-state index contributed by atoms with van der Waals surface area (Å²) in [6, 6.07) is 4.96. The quantitative estimate of drug-likeness (QED) is 0.727. The minimum Gasteiger partial charge on any atom is -0.207 e. The zero-order chi connectivity index (χ0) is 8.97. The first-order valence-electron chi connectivity index (χ1n) is 3.81. The number of halogens is 2. The van der Waals surface area contributed by atoms with Crippen molar-refractivity contribution in [3.8, 4) is 0 Å². The van der Waals surface area contributed by atoms with E-state index in [-0.39, 0.29) is 5.82 Å². The molecule has 0 N–H and O–H groups in total. The fourth-order valence-electron chi connectivity index (χ4n) is 0.832. The van der Waals surface area contributed by atoms with Crippen molar-refractivity contribution in [2.24, 2.45) is 0 Å². The van der Waals surface area contributed by atoms with Crippen molar-refractivity contribution in [2.75, 3.05) is 5.75 Å². The summed E-state index contributed by atoms with van der Waals surface area (Å²) in [5, 5.41) is 0. The number of hydrogen-bond acceptors (Lipinski definition) is 1. The average Bonchev–Trinajstić information content (AvgIpc) is 1.99. The van der Waals surface area contributed by atoms with Gasteiger partial charge in [-0.3, -0.25) is 0 Å². The Balaban J connectivity index is 2.72. The first kappa shape index (κ1) is 10.1. The van der Waals surface area contributed by atoms with Crippen LogP contribution in [0.3, 0.4) is 0 Å². The molecule has 1 aromatic carbocycles. The Morgan fingerprint density at radius 2 is 2.17 bits per heavy atom. The molecule has 1 aromatic rings. The molecule has 0 aliphatic carbocycles. The largest absolute Gasteiger partial charge is 0.207 e. The Hall–Kier alpha value is -0.0200. The topological polar surface area (TPSA) is 0 Å². The van der Waals surface area contributed by atoms with Crippen molar-refractivity contribution in [2.45, 2.75) is 18.2 Å². The van der Waals surface area contributed by atoms with Crippen molar-refractivity contribution in [3.05, 3.63) is 28.5 Å². The molecule has 0 heterocycles. The maximum absolute atomic E-state index is 12.8. The number of benzene rings is 1. The number of thioether (sulfide) groups is 1. The molecule has 66 valence electrons. The molecule has 0 aliphatic rings. The van der Waals surface area contributed by atoms with Crippen molar-refractivity contribution in [3.63, 3.8) is 0 Å². The standard InChI is InChI=1S/C9H10BrFS/c1-2-3-12-9-5-7(10)4-8(11)6-9/h4-6H,2-3H2,1H3. The smallest absolute Gasteiger partial charge is 0.125 e. The fraction of sp³-hybridized carbons (Fsp3) is 0.333. The molecule has 0 spiro atoms. The molecule has 12 heavy (non-hydrogen) atoms. The lowest BCUT2D eigenvalue weighted by Gasteiger charge is -2.00. The lowest BCUT2D eigenvalue weighted by atomic mass is 10.3. The third-order valence-corrected chi connectivity index (χ3v) is 2.95.